The zero-order valence-electron chi connectivity index (χ0n) is 16.7. The van der Waals surface area contributed by atoms with E-state index in [4.69, 9.17) is 9.16 Å². The summed E-state index contributed by atoms with van der Waals surface area (Å²) in [5.41, 5.74) is 1.15. The van der Waals surface area contributed by atoms with Crippen molar-refractivity contribution in [3.05, 3.63) is 48.0 Å². The first-order chi connectivity index (χ1) is 12.2. The highest BCUT2D eigenvalue weighted by Crippen LogP contribution is 2.36. The standard InChI is InChI=1S/C21H33NO3Si/c1-21(2,3)26(4,5)25-15-9-12-18-19(13-14-20(23)22-18)24-16-17-10-7-6-8-11-17/h6-12,18-19H,13-16H2,1-5H3,(H,22,23)/b12-9-/t18-,19+/m0/s1. The van der Waals surface area contributed by atoms with Gasteiger partial charge in [0, 0.05) is 6.42 Å². The summed E-state index contributed by atoms with van der Waals surface area (Å²) in [5.74, 6) is 0.0875. The van der Waals surface area contributed by atoms with Gasteiger partial charge in [-0.1, -0.05) is 63.3 Å². The minimum Gasteiger partial charge on any atom is -0.413 e. The molecule has 1 amide bonds. The number of piperidine rings is 1. The van der Waals surface area contributed by atoms with Gasteiger partial charge in [-0.2, -0.15) is 0 Å². The molecular formula is C21H33NO3Si. The minimum atomic E-state index is -1.75. The number of amides is 1. The van der Waals surface area contributed by atoms with Crippen LogP contribution in [0.1, 0.15) is 39.2 Å². The highest BCUT2D eigenvalue weighted by Gasteiger charge is 2.36. The highest BCUT2D eigenvalue weighted by molar-refractivity contribution is 6.74. The number of carbonyl (C=O) groups is 1. The van der Waals surface area contributed by atoms with Crippen LogP contribution in [0.2, 0.25) is 18.1 Å². The maximum absolute atomic E-state index is 11.8. The molecule has 2 rings (SSSR count). The Bertz CT molecular complexity index is 607. The van der Waals surface area contributed by atoms with Gasteiger partial charge in [0.2, 0.25) is 5.91 Å². The highest BCUT2D eigenvalue weighted by atomic mass is 28.4. The lowest BCUT2D eigenvalue weighted by atomic mass is 10.00. The van der Waals surface area contributed by atoms with Crippen molar-refractivity contribution in [3.63, 3.8) is 0 Å². The average Bonchev–Trinajstić information content (AvgIpc) is 2.58. The van der Waals surface area contributed by atoms with E-state index in [-0.39, 0.29) is 23.1 Å². The molecule has 0 bridgehead atoms. The van der Waals surface area contributed by atoms with Crippen LogP contribution in [0.5, 0.6) is 0 Å². The Morgan fingerprint density at radius 2 is 1.92 bits per heavy atom. The van der Waals surface area contributed by atoms with Crippen LogP contribution in [0.4, 0.5) is 0 Å². The minimum absolute atomic E-state index is 0.00275. The Balaban J connectivity index is 1.89. The van der Waals surface area contributed by atoms with Crippen LogP contribution in [0.25, 0.3) is 0 Å². The van der Waals surface area contributed by atoms with Crippen LogP contribution < -0.4 is 5.32 Å². The molecule has 0 spiro atoms. The Labute approximate surface area is 159 Å². The third-order valence-electron chi connectivity index (χ3n) is 5.38. The van der Waals surface area contributed by atoms with Gasteiger partial charge < -0.3 is 14.5 Å². The first-order valence-corrected chi connectivity index (χ1v) is 12.4. The summed E-state index contributed by atoms with van der Waals surface area (Å²) in [4.78, 5) is 11.8. The molecule has 0 saturated carbocycles. The van der Waals surface area contributed by atoms with E-state index in [2.05, 4.69) is 51.3 Å². The second-order valence-electron chi connectivity index (χ2n) is 8.47. The number of carbonyl (C=O) groups excluding carboxylic acids is 1. The van der Waals surface area contributed by atoms with Gasteiger partial charge in [-0.15, -0.1) is 0 Å². The number of hydrogen-bond acceptors (Lipinski definition) is 3. The van der Waals surface area contributed by atoms with Gasteiger partial charge in [-0.05, 0) is 30.1 Å². The van der Waals surface area contributed by atoms with E-state index in [1.165, 1.54) is 0 Å². The molecule has 0 aromatic heterocycles. The summed E-state index contributed by atoms with van der Waals surface area (Å²) in [5, 5.41) is 3.23. The quantitative estimate of drug-likeness (QED) is 0.566. The molecule has 1 aromatic carbocycles. The lowest BCUT2D eigenvalue weighted by molar-refractivity contribution is -0.126. The topological polar surface area (TPSA) is 47.6 Å². The summed E-state index contributed by atoms with van der Waals surface area (Å²) in [6.07, 6.45) is 5.31. The first kappa shape index (κ1) is 20.9. The monoisotopic (exact) mass is 375 g/mol. The van der Waals surface area contributed by atoms with E-state index in [1.54, 1.807) is 0 Å². The van der Waals surface area contributed by atoms with E-state index in [1.807, 2.05) is 30.4 Å². The molecule has 5 heteroatoms. The van der Waals surface area contributed by atoms with E-state index in [0.717, 1.165) is 12.0 Å². The molecule has 4 nitrogen and oxygen atoms in total. The predicted octanol–water partition coefficient (Wildman–Crippen LogP) is 4.43. The maximum atomic E-state index is 11.8. The van der Waals surface area contributed by atoms with E-state index in [9.17, 15) is 4.79 Å². The van der Waals surface area contributed by atoms with Crippen LogP contribution in [-0.4, -0.2) is 33.0 Å². The molecule has 0 aliphatic carbocycles. The molecule has 1 heterocycles. The van der Waals surface area contributed by atoms with Gasteiger partial charge >= 0.3 is 0 Å². The molecule has 1 aromatic rings. The average molecular weight is 376 g/mol. The number of nitrogens with one attached hydrogen (secondary N) is 1. The molecule has 1 aliphatic rings. The third-order valence-corrected chi connectivity index (χ3v) is 9.88. The van der Waals surface area contributed by atoms with Crippen molar-refractivity contribution in [3.8, 4) is 0 Å². The Hall–Kier alpha value is -1.43. The van der Waals surface area contributed by atoms with Gasteiger partial charge in [0.25, 0.3) is 0 Å². The molecule has 1 fully saturated rings. The smallest absolute Gasteiger partial charge is 0.220 e. The molecule has 0 unspecified atom stereocenters. The summed E-state index contributed by atoms with van der Waals surface area (Å²) in [6, 6.07) is 10.0. The van der Waals surface area contributed by atoms with Crippen LogP contribution in [0.3, 0.4) is 0 Å². The van der Waals surface area contributed by atoms with Gasteiger partial charge in [-0.3, -0.25) is 4.79 Å². The molecule has 1 N–H and O–H groups in total. The van der Waals surface area contributed by atoms with Crippen LogP contribution in [0, 0.1) is 0 Å². The van der Waals surface area contributed by atoms with Crippen molar-refractivity contribution in [2.24, 2.45) is 0 Å². The number of ether oxygens (including phenoxy) is 1. The fraction of sp³-hybridized carbons (Fsp3) is 0.571. The zero-order chi connectivity index (χ0) is 19.2. The maximum Gasteiger partial charge on any atom is 0.220 e. The second kappa shape index (κ2) is 8.98. The van der Waals surface area contributed by atoms with Crippen molar-refractivity contribution in [1.82, 2.24) is 5.32 Å². The molecular weight excluding hydrogens is 342 g/mol. The second-order valence-corrected chi connectivity index (χ2v) is 13.3. The van der Waals surface area contributed by atoms with Crippen molar-refractivity contribution in [1.29, 1.82) is 0 Å². The summed E-state index contributed by atoms with van der Waals surface area (Å²) >= 11 is 0. The van der Waals surface area contributed by atoms with E-state index >= 15 is 0 Å². The lowest BCUT2D eigenvalue weighted by Crippen LogP contribution is -2.48. The number of rotatable bonds is 7. The van der Waals surface area contributed by atoms with Crippen molar-refractivity contribution in [2.75, 3.05) is 6.61 Å². The molecule has 0 radical (unpaired) electrons. The SMILES string of the molecule is CC(C)(C)[Si](C)(C)OC/C=C\[C@@H]1NC(=O)CC[C@H]1OCc1ccccc1. The molecule has 144 valence electrons. The largest absolute Gasteiger partial charge is 0.413 e. The normalized spacial score (nSPS) is 21.8. The molecule has 1 saturated heterocycles. The summed E-state index contributed by atoms with van der Waals surface area (Å²) in [6.45, 7) is 12.3. The predicted molar refractivity (Wildman–Crippen MR) is 108 cm³/mol. The number of hydrogen-bond donors (Lipinski definition) is 1. The van der Waals surface area contributed by atoms with Crippen molar-refractivity contribution < 1.29 is 14.0 Å². The van der Waals surface area contributed by atoms with Gasteiger partial charge in [-0.25, -0.2) is 0 Å². The fourth-order valence-corrected chi connectivity index (χ4v) is 3.56. The van der Waals surface area contributed by atoms with Gasteiger partial charge in [0.15, 0.2) is 8.32 Å². The first-order valence-electron chi connectivity index (χ1n) is 9.44. The van der Waals surface area contributed by atoms with Crippen LogP contribution >= 0.6 is 0 Å². The lowest BCUT2D eigenvalue weighted by Gasteiger charge is -2.36. The Morgan fingerprint density at radius 3 is 2.58 bits per heavy atom. The molecule has 1 aliphatic heterocycles. The summed E-state index contributed by atoms with van der Waals surface area (Å²) < 4.78 is 12.3. The number of benzene rings is 1. The Morgan fingerprint density at radius 1 is 1.23 bits per heavy atom. The van der Waals surface area contributed by atoms with Crippen molar-refractivity contribution >= 4 is 14.2 Å². The van der Waals surface area contributed by atoms with Crippen LogP contribution in [-0.2, 0) is 20.6 Å². The zero-order valence-corrected chi connectivity index (χ0v) is 17.7. The van der Waals surface area contributed by atoms with Crippen molar-refractivity contribution in [2.45, 2.75) is 70.5 Å². The molecule has 26 heavy (non-hydrogen) atoms. The Kier molecular flexibility index (Phi) is 7.21. The van der Waals surface area contributed by atoms with Gasteiger partial charge in [0.1, 0.15) is 0 Å². The third kappa shape index (κ3) is 6.08. The molecule has 2 atom stereocenters. The van der Waals surface area contributed by atoms with Gasteiger partial charge in [0.05, 0.1) is 25.4 Å². The fourth-order valence-electron chi connectivity index (χ4n) is 2.62. The van der Waals surface area contributed by atoms with E-state index in [0.29, 0.717) is 19.6 Å². The van der Waals surface area contributed by atoms with Crippen LogP contribution in [0.15, 0.2) is 42.5 Å². The summed E-state index contributed by atoms with van der Waals surface area (Å²) in [7, 11) is -1.75. The van der Waals surface area contributed by atoms with E-state index < -0.39 is 8.32 Å².